The van der Waals surface area contributed by atoms with E-state index in [0.29, 0.717) is 5.75 Å². The van der Waals surface area contributed by atoms with Gasteiger partial charge in [0.2, 0.25) is 0 Å². The molecule has 0 atom stereocenters. The molecular formula is C20H18N2O4. The summed E-state index contributed by atoms with van der Waals surface area (Å²) in [5, 5.41) is 12.4. The fourth-order valence-electron chi connectivity index (χ4n) is 2.33. The predicted octanol–water partition coefficient (Wildman–Crippen LogP) is 3.36. The number of nitrogens with one attached hydrogen (secondary N) is 1. The molecular weight excluding hydrogens is 332 g/mol. The Balaban J connectivity index is 2.13. The first kappa shape index (κ1) is 12.0. The summed E-state index contributed by atoms with van der Waals surface area (Å²) in [5.41, 5.74) is -1.19. The molecule has 1 heterocycles. The third-order valence-electron chi connectivity index (χ3n) is 3.50. The van der Waals surface area contributed by atoms with E-state index in [4.69, 9.17) is 11.6 Å². The zero-order chi connectivity index (χ0) is 23.0. The van der Waals surface area contributed by atoms with Crippen LogP contribution >= 0.6 is 0 Å². The molecule has 0 bridgehead atoms. The molecule has 0 unspecified atom stereocenters. The van der Waals surface area contributed by atoms with Crippen LogP contribution in [0.2, 0.25) is 0 Å². The van der Waals surface area contributed by atoms with E-state index >= 15 is 0 Å². The fourth-order valence-corrected chi connectivity index (χ4v) is 2.33. The lowest BCUT2D eigenvalue weighted by atomic mass is 10.1. The van der Waals surface area contributed by atoms with Gasteiger partial charge in [-0.15, -0.1) is 0 Å². The molecule has 0 aliphatic carbocycles. The molecule has 1 amide bonds. The number of aromatic hydroxyl groups is 1. The molecule has 0 spiro atoms. The zero-order valence-corrected chi connectivity index (χ0v) is 13.7. The number of para-hydroxylation sites is 1. The van der Waals surface area contributed by atoms with Gasteiger partial charge in [0.1, 0.15) is 17.3 Å². The van der Waals surface area contributed by atoms with Crippen molar-refractivity contribution in [1.82, 2.24) is 10.3 Å². The number of hydrogen-bond acceptors (Lipinski definition) is 5. The van der Waals surface area contributed by atoms with Crippen LogP contribution < -0.4 is 10.1 Å². The molecule has 0 saturated heterocycles. The van der Waals surface area contributed by atoms with Crippen LogP contribution in [-0.2, 0) is 4.79 Å². The minimum Gasteiger partial charge on any atom is -0.505 e. The largest absolute Gasteiger partial charge is 0.505 e. The minimum atomic E-state index is -2.76. The summed E-state index contributed by atoms with van der Waals surface area (Å²) < 4.78 is 44.2. The predicted molar refractivity (Wildman–Crippen MR) is 97.7 cm³/mol. The highest BCUT2D eigenvalue weighted by atomic mass is 16.5. The van der Waals surface area contributed by atoms with Crippen LogP contribution in [0.5, 0.6) is 17.2 Å². The number of nitrogens with zero attached hydrogens (tertiary/aromatic N) is 1. The molecule has 26 heavy (non-hydrogen) atoms. The van der Waals surface area contributed by atoms with Gasteiger partial charge in [-0.1, -0.05) is 18.2 Å². The molecule has 3 rings (SSSR count). The quantitative estimate of drug-likeness (QED) is 0.733. The number of pyridine rings is 1. The fraction of sp³-hybridized carbons (Fsp3) is 0.150. The molecule has 1 aromatic heterocycles. The second kappa shape index (κ2) is 7.23. The number of hydrogen-bond donors (Lipinski definition) is 2. The van der Waals surface area contributed by atoms with E-state index in [0.717, 1.165) is 6.92 Å². The number of carbonyl (C=O) groups is 2. The summed E-state index contributed by atoms with van der Waals surface area (Å²) in [6.45, 7) is -4.53. The van der Waals surface area contributed by atoms with Crippen molar-refractivity contribution in [2.45, 2.75) is 13.8 Å². The number of ketones is 1. The molecule has 0 aliphatic rings. The van der Waals surface area contributed by atoms with E-state index in [2.05, 4.69) is 4.98 Å². The number of ether oxygens (including phenoxy) is 1. The van der Waals surface area contributed by atoms with Gasteiger partial charge < -0.3 is 15.2 Å². The average Bonchev–Trinajstić information content (AvgIpc) is 2.67. The van der Waals surface area contributed by atoms with Crippen molar-refractivity contribution in [3.63, 3.8) is 0 Å². The van der Waals surface area contributed by atoms with Crippen molar-refractivity contribution in [3.05, 3.63) is 59.9 Å². The first-order valence-corrected chi connectivity index (χ1v) is 7.64. The Kier molecular flexibility index (Phi) is 3.34. The number of fused-ring (bicyclic) bond motifs is 1. The molecule has 0 saturated carbocycles. The van der Waals surface area contributed by atoms with Gasteiger partial charge >= 0.3 is 0 Å². The Hall–Kier alpha value is -3.41. The summed E-state index contributed by atoms with van der Waals surface area (Å²) >= 11 is 0. The lowest BCUT2D eigenvalue weighted by Crippen LogP contribution is -2.29. The van der Waals surface area contributed by atoms with Gasteiger partial charge in [-0.3, -0.25) is 9.59 Å². The van der Waals surface area contributed by atoms with Gasteiger partial charge in [0.25, 0.3) is 5.91 Å². The number of amides is 1. The SMILES string of the molecule is [2H]C([2H])(NC(=O)c1nc(C([2H])([2H])[2H])c2cc(Oc3ccccc3)ccc2c1O)C(C)=O. The van der Waals surface area contributed by atoms with E-state index < -0.39 is 42.2 Å². The number of Topliss-reactive ketones (excluding diaryl/α,β-unsaturated/α-hetero) is 1. The molecule has 132 valence electrons. The van der Waals surface area contributed by atoms with Crippen molar-refractivity contribution >= 4 is 22.5 Å². The molecule has 6 heteroatoms. The van der Waals surface area contributed by atoms with E-state index in [9.17, 15) is 14.7 Å². The van der Waals surface area contributed by atoms with Gasteiger partial charge in [-0.25, -0.2) is 4.98 Å². The van der Waals surface area contributed by atoms with E-state index in [1.165, 1.54) is 18.2 Å². The number of aromatic nitrogens is 1. The highest BCUT2D eigenvalue weighted by molar-refractivity contribution is 6.03. The Morgan fingerprint density at radius 2 is 1.96 bits per heavy atom. The van der Waals surface area contributed by atoms with Crippen LogP contribution in [0.1, 0.15) is 30.0 Å². The monoisotopic (exact) mass is 355 g/mol. The molecule has 2 aromatic carbocycles. The maximum absolute atomic E-state index is 12.5. The summed E-state index contributed by atoms with van der Waals surface area (Å²) in [5.74, 6) is -2.05. The Bertz CT molecular complexity index is 1160. The van der Waals surface area contributed by atoms with E-state index in [-0.39, 0.29) is 16.5 Å². The third kappa shape index (κ3) is 3.64. The van der Waals surface area contributed by atoms with Crippen LogP contribution in [0.4, 0.5) is 0 Å². The summed E-state index contributed by atoms with van der Waals surface area (Å²) in [6.07, 6.45) is 0. The zero-order valence-electron chi connectivity index (χ0n) is 18.7. The highest BCUT2D eigenvalue weighted by Gasteiger charge is 2.18. The summed E-state index contributed by atoms with van der Waals surface area (Å²) in [4.78, 5) is 27.7. The number of rotatable bonds is 5. The first-order valence-electron chi connectivity index (χ1n) is 10.1. The van der Waals surface area contributed by atoms with Crippen LogP contribution in [0, 0.1) is 6.85 Å². The van der Waals surface area contributed by atoms with Crippen molar-refractivity contribution in [3.8, 4) is 17.2 Å². The van der Waals surface area contributed by atoms with Crippen molar-refractivity contribution in [2.24, 2.45) is 0 Å². The molecule has 6 nitrogen and oxygen atoms in total. The van der Waals surface area contributed by atoms with Crippen LogP contribution in [-0.4, -0.2) is 28.3 Å². The standard InChI is InChI=1S/C20H18N2O4/c1-12(23)11-21-20(25)18-19(24)16-9-8-15(10-17(16)13(2)22-18)26-14-6-4-3-5-7-14/h3-10,24H,11H2,1-2H3,(H,21,25)/i2D3,11D2. The van der Waals surface area contributed by atoms with Crippen molar-refractivity contribution in [2.75, 3.05) is 6.50 Å². The van der Waals surface area contributed by atoms with E-state index in [1.54, 1.807) is 24.3 Å². The molecule has 0 aliphatic heterocycles. The average molecular weight is 355 g/mol. The second-order valence-electron chi connectivity index (χ2n) is 5.42. The Morgan fingerprint density at radius 1 is 1.19 bits per heavy atom. The molecule has 0 fully saturated rings. The van der Waals surface area contributed by atoms with Crippen LogP contribution in [0.15, 0.2) is 48.5 Å². The number of aryl methyl sites for hydroxylation is 1. The lowest BCUT2D eigenvalue weighted by Gasteiger charge is -2.12. The second-order valence-corrected chi connectivity index (χ2v) is 5.42. The summed E-state index contributed by atoms with van der Waals surface area (Å²) in [7, 11) is 0. The topological polar surface area (TPSA) is 88.5 Å². The molecule has 3 aromatic rings. The normalized spacial score (nSPS) is 14.4. The molecule has 2 N–H and O–H groups in total. The van der Waals surface area contributed by atoms with Crippen molar-refractivity contribution < 1.29 is 26.3 Å². The number of carbonyl (C=O) groups excluding carboxylic acids is 2. The summed E-state index contributed by atoms with van der Waals surface area (Å²) in [6, 6.07) is 13.0. The van der Waals surface area contributed by atoms with Crippen LogP contribution in [0.3, 0.4) is 0 Å². The van der Waals surface area contributed by atoms with E-state index in [1.807, 2.05) is 11.4 Å². The third-order valence-corrected chi connectivity index (χ3v) is 3.50. The van der Waals surface area contributed by atoms with Crippen molar-refractivity contribution in [1.29, 1.82) is 0 Å². The van der Waals surface area contributed by atoms with Gasteiger partial charge in [-0.05, 0) is 44.1 Å². The minimum absolute atomic E-state index is 0.00933. The maximum Gasteiger partial charge on any atom is 0.274 e. The van der Waals surface area contributed by atoms with Gasteiger partial charge in [-0.2, -0.15) is 0 Å². The van der Waals surface area contributed by atoms with Gasteiger partial charge in [0.05, 0.1) is 9.24 Å². The molecule has 0 radical (unpaired) electrons. The first-order chi connectivity index (χ1) is 14.4. The van der Waals surface area contributed by atoms with Gasteiger partial charge in [0, 0.05) is 20.6 Å². The highest BCUT2D eigenvalue weighted by Crippen LogP contribution is 2.33. The Labute approximate surface area is 157 Å². The maximum atomic E-state index is 12.5. The Morgan fingerprint density at radius 3 is 2.65 bits per heavy atom. The van der Waals surface area contributed by atoms with Gasteiger partial charge in [0.15, 0.2) is 11.4 Å². The lowest BCUT2D eigenvalue weighted by molar-refractivity contribution is -0.116. The number of benzene rings is 2. The van der Waals surface area contributed by atoms with Crippen LogP contribution in [0.25, 0.3) is 10.8 Å². The smallest absolute Gasteiger partial charge is 0.274 e.